The first-order valence-electron chi connectivity index (χ1n) is 7.60. The van der Waals surface area contributed by atoms with Gasteiger partial charge in [0.25, 0.3) is 0 Å². The minimum absolute atomic E-state index is 0.952. The van der Waals surface area contributed by atoms with Crippen LogP contribution in [0.2, 0.25) is 0 Å². The van der Waals surface area contributed by atoms with Crippen LogP contribution in [0.15, 0.2) is 64.1 Å². The molecule has 1 heterocycles. The Kier molecular flexibility index (Phi) is 4.49. The molecule has 1 aromatic heterocycles. The van der Waals surface area contributed by atoms with Crippen molar-refractivity contribution in [2.24, 2.45) is 4.99 Å². The monoisotopic (exact) mass is 366 g/mol. The number of aromatic nitrogens is 1. The van der Waals surface area contributed by atoms with Crippen LogP contribution in [0.3, 0.4) is 0 Å². The smallest absolute Gasteiger partial charge is 0.0630 e. The van der Waals surface area contributed by atoms with Crippen molar-refractivity contribution in [1.82, 2.24) is 4.57 Å². The number of aryl methyl sites for hydroxylation is 2. The molecule has 2 nitrogen and oxygen atoms in total. The van der Waals surface area contributed by atoms with Crippen LogP contribution in [0.25, 0.3) is 5.69 Å². The summed E-state index contributed by atoms with van der Waals surface area (Å²) in [6.07, 6.45) is 1.94. The predicted molar refractivity (Wildman–Crippen MR) is 101 cm³/mol. The zero-order valence-electron chi connectivity index (χ0n) is 13.5. The summed E-state index contributed by atoms with van der Waals surface area (Å²) in [5, 5.41) is 0. The van der Waals surface area contributed by atoms with Crippen molar-refractivity contribution in [2.75, 3.05) is 0 Å². The lowest BCUT2D eigenvalue weighted by atomic mass is 10.2. The zero-order valence-corrected chi connectivity index (χ0v) is 15.1. The molecule has 0 fully saturated rings. The van der Waals surface area contributed by atoms with Gasteiger partial charge in [0.2, 0.25) is 0 Å². The highest BCUT2D eigenvalue weighted by atomic mass is 79.9. The van der Waals surface area contributed by atoms with Crippen LogP contribution in [-0.4, -0.2) is 10.8 Å². The van der Waals surface area contributed by atoms with E-state index in [1.807, 2.05) is 30.5 Å². The SMILES string of the molecule is Cc1ccc(-n2c(C)cc(C=Nc3ccc(Br)cc3)c2C)cc1. The van der Waals surface area contributed by atoms with Crippen LogP contribution >= 0.6 is 15.9 Å². The van der Waals surface area contributed by atoms with Gasteiger partial charge in [0.15, 0.2) is 0 Å². The van der Waals surface area contributed by atoms with Gasteiger partial charge in [0.1, 0.15) is 0 Å². The minimum atomic E-state index is 0.952. The number of halogens is 1. The van der Waals surface area contributed by atoms with E-state index in [0.717, 1.165) is 15.7 Å². The molecule has 0 saturated carbocycles. The van der Waals surface area contributed by atoms with Crippen molar-refractivity contribution in [1.29, 1.82) is 0 Å². The second kappa shape index (κ2) is 6.55. The second-order valence-electron chi connectivity index (χ2n) is 5.73. The van der Waals surface area contributed by atoms with E-state index in [1.54, 1.807) is 0 Å². The van der Waals surface area contributed by atoms with Crippen LogP contribution in [0.4, 0.5) is 5.69 Å². The highest BCUT2D eigenvalue weighted by Crippen LogP contribution is 2.21. The van der Waals surface area contributed by atoms with E-state index in [-0.39, 0.29) is 0 Å². The molecule has 23 heavy (non-hydrogen) atoms. The summed E-state index contributed by atoms with van der Waals surface area (Å²) in [5.41, 5.74) is 6.97. The minimum Gasteiger partial charge on any atom is -0.318 e. The lowest BCUT2D eigenvalue weighted by Gasteiger charge is -2.09. The Morgan fingerprint density at radius 1 is 0.913 bits per heavy atom. The molecule has 0 bridgehead atoms. The van der Waals surface area contributed by atoms with Gasteiger partial charge in [-0.25, -0.2) is 0 Å². The van der Waals surface area contributed by atoms with Gasteiger partial charge in [0, 0.05) is 33.3 Å². The number of rotatable bonds is 3. The molecule has 0 saturated heterocycles. The molecule has 116 valence electrons. The third kappa shape index (κ3) is 3.45. The Labute approximate surface area is 145 Å². The summed E-state index contributed by atoms with van der Waals surface area (Å²) in [6.45, 7) is 6.37. The lowest BCUT2D eigenvalue weighted by Crippen LogP contribution is -1.99. The molecular weight excluding hydrogens is 348 g/mol. The third-order valence-corrected chi connectivity index (χ3v) is 4.47. The van der Waals surface area contributed by atoms with Gasteiger partial charge in [-0.2, -0.15) is 0 Å². The van der Waals surface area contributed by atoms with E-state index < -0.39 is 0 Å². The van der Waals surface area contributed by atoms with Crippen LogP contribution in [0, 0.1) is 20.8 Å². The van der Waals surface area contributed by atoms with E-state index in [1.165, 1.54) is 22.6 Å². The Morgan fingerprint density at radius 2 is 1.57 bits per heavy atom. The van der Waals surface area contributed by atoms with E-state index >= 15 is 0 Å². The van der Waals surface area contributed by atoms with E-state index in [0.29, 0.717) is 0 Å². The fraction of sp³-hybridized carbons (Fsp3) is 0.150. The summed E-state index contributed by atoms with van der Waals surface area (Å²) in [4.78, 5) is 4.58. The van der Waals surface area contributed by atoms with Crippen molar-refractivity contribution in [3.8, 4) is 5.69 Å². The van der Waals surface area contributed by atoms with Gasteiger partial charge < -0.3 is 4.57 Å². The van der Waals surface area contributed by atoms with Gasteiger partial charge in [-0.1, -0.05) is 33.6 Å². The Balaban J connectivity index is 1.94. The predicted octanol–water partition coefficient (Wildman–Crippen LogP) is 5.92. The normalized spacial score (nSPS) is 11.3. The maximum absolute atomic E-state index is 4.58. The average Bonchev–Trinajstić information content (AvgIpc) is 2.82. The molecular formula is C20H19BrN2. The van der Waals surface area contributed by atoms with Crippen molar-refractivity contribution in [3.05, 3.63) is 81.6 Å². The van der Waals surface area contributed by atoms with Gasteiger partial charge >= 0.3 is 0 Å². The summed E-state index contributed by atoms with van der Waals surface area (Å²) in [6, 6.07) is 18.8. The first-order chi connectivity index (χ1) is 11.0. The van der Waals surface area contributed by atoms with Crippen LogP contribution in [0.1, 0.15) is 22.5 Å². The number of hydrogen-bond acceptors (Lipinski definition) is 1. The topological polar surface area (TPSA) is 17.3 Å². The Bertz CT molecular complexity index is 841. The lowest BCUT2D eigenvalue weighted by molar-refractivity contribution is 0.964. The van der Waals surface area contributed by atoms with Gasteiger partial charge in [-0.15, -0.1) is 0 Å². The molecule has 0 spiro atoms. The largest absolute Gasteiger partial charge is 0.318 e. The maximum atomic E-state index is 4.58. The number of aliphatic imine (C=N–C) groups is 1. The number of benzene rings is 2. The molecule has 0 amide bonds. The molecule has 0 unspecified atom stereocenters. The zero-order chi connectivity index (χ0) is 16.4. The van der Waals surface area contributed by atoms with E-state index in [4.69, 9.17) is 0 Å². The average molecular weight is 367 g/mol. The molecule has 0 aliphatic carbocycles. The summed E-state index contributed by atoms with van der Waals surface area (Å²) in [7, 11) is 0. The van der Waals surface area contributed by atoms with Crippen molar-refractivity contribution in [3.63, 3.8) is 0 Å². The molecule has 0 N–H and O–H groups in total. The fourth-order valence-corrected chi connectivity index (χ4v) is 2.95. The standard InChI is InChI=1S/C20H19BrN2/c1-14-4-10-20(11-5-14)23-15(2)12-17(16(23)3)13-22-19-8-6-18(21)7-9-19/h4-13H,1-3H3. The summed E-state index contributed by atoms with van der Waals surface area (Å²) >= 11 is 3.44. The first kappa shape index (κ1) is 15.8. The maximum Gasteiger partial charge on any atom is 0.0630 e. The number of nitrogens with zero attached hydrogens (tertiary/aromatic N) is 2. The molecule has 0 atom stereocenters. The second-order valence-corrected chi connectivity index (χ2v) is 6.65. The highest BCUT2D eigenvalue weighted by Gasteiger charge is 2.09. The number of hydrogen-bond donors (Lipinski definition) is 0. The molecule has 0 radical (unpaired) electrons. The third-order valence-electron chi connectivity index (χ3n) is 3.94. The van der Waals surface area contributed by atoms with Crippen LogP contribution in [-0.2, 0) is 0 Å². The van der Waals surface area contributed by atoms with Gasteiger partial charge in [0.05, 0.1) is 5.69 Å². The van der Waals surface area contributed by atoms with E-state index in [2.05, 4.69) is 76.6 Å². The van der Waals surface area contributed by atoms with Gasteiger partial charge in [-0.3, -0.25) is 4.99 Å². The molecule has 0 aliphatic heterocycles. The first-order valence-corrected chi connectivity index (χ1v) is 8.39. The van der Waals surface area contributed by atoms with Crippen molar-refractivity contribution >= 4 is 27.8 Å². The van der Waals surface area contributed by atoms with Crippen molar-refractivity contribution < 1.29 is 0 Å². The van der Waals surface area contributed by atoms with Crippen LogP contribution < -0.4 is 0 Å². The quantitative estimate of drug-likeness (QED) is 0.512. The van der Waals surface area contributed by atoms with Crippen LogP contribution in [0.5, 0.6) is 0 Å². The summed E-state index contributed by atoms with van der Waals surface area (Å²) in [5.74, 6) is 0. The Morgan fingerprint density at radius 3 is 2.22 bits per heavy atom. The molecule has 0 aliphatic rings. The fourth-order valence-electron chi connectivity index (χ4n) is 2.68. The summed E-state index contributed by atoms with van der Waals surface area (Å²) < 4.78 is 3.33. The van der Waals surface area contributed by atoms with E-state index in [9.17, 15) is 0 Å². The van der Waals surface area contributed by atoms with Gasteiger partial charge in [-0.05, 0) is 63.2 Å². The van der Waals surface area contributed by atoms with Crippen molar-refractivity contribution in [2.45, 2.75) is 20.8 Å². The molecule has 3 aromatic rings. The Hall–Kier alpha value is -2.13. The highest BCUT2D eigenvalue weighted by molar-refractivity contribution is 9.10. The molecule has 2 aromatic carbocycles. The molecule has 3 heteroatoms. The molecule has 3 rings (SSSR count).